The summed E-state index contributed by atoms with van der Waals surface area (Å²) in [5.41, 5.74) is 9.16. The van der Waals surface area contributed by atoms with Crippen molar-refractivity contribution in [3.8, 4) is 0 Å². The molecule has 0 aliphatic carbocycles. The Hall–Kier alpha value is -1.13. The summed E-state index contributed by atoms with van der Waals surface area (Å²) in [5, 5.41) is 4.55. The van der Waals surface area contributed by atoms with Crippen molar-refractivity contribution in [1.82, 2.24) is 9.78 Å². The van der Waals surface area contributed by atoms with E-state index < -0.39 is 0 Å². The van der Waals surface area contributed by atoms with Gasteiger partial charge in [0.15, 0.2) is 0 Å². The van der Waals surface area contributed by atoms with E-state index in [1.807, 2.05) is 18.3 Å². The van der Waals surface area contributed by atoms with Crippen molar-refractivity contribution in [2.24, 2.45) is 5.73 Å². The van der Waals surface area contributed by atoms with E-state index in [0.29, 0.717) is 6.54 Å². The summed E-state index contributed by atoms with van der Waals surface area (Å²) in [6, 6.07) is 4.40. The molecule has 0 saturated carbocycles. The second kappa shape index (κ2) is 5.02. The highest BCUT2D eigenvalue weighted by molar-refractivity contribution is 7.11. The molecule has 17 heavy (non-hydrogen) atoms. The van der Waals surface area contributed by atoms with Crippen molar-refractivity contribution in [1.29, 1.82) is 0 Å². The first-order valence-electron chi connectivity index (χ1n) is 5.96. The Morgan fingerprint density at radius 1 is 1.29 bits per heavy atom. The van der Waals surface area contributed by atoms with Gasteiger partial charge in [-0.25, -0.2) is 0 Å². The van der Waals surface area contributed by atoms with Crippen LogP contribution in [-0.2, 0) is 19.5 Å². The molecule has 2 aromatic heterocycles. The lowest BCUT2D eigenvalue weighted by Gasteiger charge is -2.02. The van der Waals surface area contributed by atoms with Crippen molar-refractivity contribution in [2.75, 3.05) is 0 Å². The highest BCUT2D eigenvalue weighted by Gasteiger charge is 2.10. The second-order valence-electron chi connectivity index (χ2n) is 4.23. The van der Waals surface area contributed by atoms with Crippen molar-refractivity contribution in [2.45, 2.75) is 40.3 Å². The maximum absolute atomic E-state index is 5.73. The largest absolute Gasteiger partial charge is 0.326 e. The molecule has 0 aliphatic rings. The zero-order valence-electron chi connectivity index (χ0n) is 10.7. The molecule has 2 rings (SSSR count). The van der Waals surface area contributed by atoms with E-state index in [2.05, 4.69) is 35.8 Å². The van der Waals surface area contributed by atoms with Crippen LogP contribution in [0.4, 0.5) is 0 Å². The minimum absolute atomic E-state index is 0.572. The number of aryl methyl sites for hydroxylation is 2. The first-order chi connectivity index (χ1) is 8.15. The lowest BCUT2D eigenvalue weighted by Crippen LogP contribution is -2.04. The average Bonchev–Trinajstić information content (AvgIpc) is 2.86. The fraction of sp³-hybridized carbons (Fsp3) is 0.462. The van der Waals surface area contributed by atoms with Crippen LogP contribution in [0.5, 0.6) is 0 Å². The van der Waals surface area contributed by atoms with Crippen LogP contribution in [-0.4, -0.2) is 9.78 Å². The standard InChI is InChI=1S/C13H19N3S/c1-4-11-5-6-12(17-11)8-16-10(3)13(7-14)9(2)15-16/h5-6H,4,7-8,14H2,1-3H3. The summed E-state index contributed by atoms with van der Waals surface area (Å²) in [6.45, 7) is 7.74. The fourth-order valence-corrected chi connectivity index (χ4v) is 2.97. The van der Waals surface area contributed by atoms with Gasteiger partial charge >= 0.3 is 0 Å². The van der Waals surface area contributed by atoms with Gasteiger partial charge in [-0.3, -0.25) is 4.68 Å². The lowest BCUT2D eigenvalue weighted by atomic mass is 10.2. The van der Waals surface area contributed by atoms with Crippen LogP contribution in [0.15, 0.2) is 12.1 Å². The molecule has 0 aromatic carbocycles. The first-order valence-corrected chi connectivity index (χ1v) is 6.77. The summed E-state index contributed by atoms with van der Waals surface area (Å²) < 4.78 is 2.06. The van der Waals surface area contributed by atoms with Gasteiger partial charge in [0.1, 0.15) is 0 Å². The molecule has 92 valence electrons. The molecule has 0 amide bonds. The Labute approximate surface area is 106 Å². The van der Waals surface area contributed by atoms with E-state index >= 15 is 0 Å². The minimum Gasteiger partial charge on any atom is -0.326 e. The molecule has 3 nitrogen and oxygen atoms in total. The third kappa shape index (κ3) is 2.42. The van der Waals surface area contributed by atoms with Crippen LogP contribution in [0.3, 0.4) is 0 Å². The number of nitrogens with zero attached hydrogens (tertiary/aromatic N) is 2. The van der Waals surface area contributed by atoms with Crippen molar-refractivity contribution in [3.05, 3.63) is 38.8 Å². The number of hydrogen-bond donors (Lipinski definition) is 1. The number of nitrogens with two attached hydrogens (primary N) is 1. The Bertz CT molecular complexity index is 511. The van der Waals surface area contributed by atoms with Crippen LogP contribution in [0.1, 0.15) is 33.6 Å². The molecular formula is C13H19N3S. The molecule has 0 spiro atoms. The predicted molar refractivity (Wildman–Crippen MR) is 72.4 cm³/mol. The third-order valence-corrected chi connectivity index (χ3v) is 4.32. The highest BCUT2D eigenvalue weighted by atomic mass is 32.1. The molecule has 0 atom stereocenters. The Kier molecular flexibility index (Phi) is 3.64. The van der Waals surface area contributed by atoms with Crippen LogP contribution < -0.4 is 5.73 Å². The van der Waals surface area contributed by atoms with Crippen LogP contribution >= 0.6 is 11.3 Å². The number of hydrogen-bond acceptors (Lipinski definition) is 3. The van der Waals surface area contributed by atoms with Crippen molar-refractivity contribution >= 4 is 11.3 Å². The summed E-state index contributed by atoms with van der Waals surface area (Å²) in [6.07, 6.45) is 1.11. The van der Waals surface area contributed by atoms with Gasteiger partial charge in [0, 0.05) is 27.6 Å². The van der Waals surface area contributed by atoms with Crippen LogP contribution in [0.2, 0.25) is 0 Å². The Balaban J connectivity index is 2.24. The van der Waals surface area contributed by atoms with Gasteiger partial charge < -0.3 is 5.73 Å². The molecule has 0 aliphatic heterocycles. The van der Waals surface area contributed by atoms with E-state index in [0.717, 1.165) is 18.7 Å². The molecule has 0 radical (unpaired) electrons. The van der Waals surface area contributed by atoms with E-state index in [1.165, 1.54) is 21.0 Å². The number of thiophene rings is 1. The molecule has 2 aromatic rings. The zero-order valence-corrected chi connectivity index (χ0v) is 11.5. The van der Waals surface area contributed by atoms with Gasteiger partial charge in [0.2, 0.25) is 0 Å². The fourth-order valence-electron chi connectivity index (χ4n) is 2.03. The normalized spacial score (nSPS) is 11.1. The summed E-state index contributed by atoms with van der Waals surface area (Å²) >= 11 is 1.87. The minimum atomic E-state index is 0.572. The highest BCUT2D eigenvalue weighted by Crippen LogP contribution is 2.20. The molecule has 2 N–H and O–H groups in total. The monoisotopic (exact) mass is 249 g/mol. The third-order valence-electron chi connectivity index (χ3n) is 3.11. The summed E-state index contributed by atoms with van der Waals surface area (Å²) in [5.74, 6) is 0. The van der Waals surface area contributed by atoms with Gasteiger partial charge in [-0.05, 0) is 32.4 Å². The molecule has 0 saturated heterocycles. The number of aromatic nitrogens is 2. The maximum atomic E-state index is 5.73. The molecule has 4 heteroatoms. The van der Waals surface area contributed by atoms with E-state index in [-0.39, 0.29) is 0 Å². The molecule has 0 bridgehead atoms. The molecule has 0 fully saturated rings. The van der Waals surface area contributed by atoms with Crippen LogP contribution in [0.25, 0.3) is 0 Å². The average molecular weight is 249 g/mol. The Morgan fingerprint density at radius 3 is 2.53 bits per heavy atom. The van der Waals surface area contributed by atoms with Gasteiger partial charge in [-0.1, -0.05) is 6.92 Å². The molecule has 2 heterocycles. The van der Waals surface area contributed by atoms with E-state index in [1.54, 1.807) is 0 Å². The SMILES string of the molecule is CCc1ccc(Cn2nc(C)c(CN)c2C)s1. The topological polar surface area (TPSA) is 43.8 Å². The van der Waals surface area contributed by atoms with Gasteiger partial charge in [-0.2, -0.15) is 5.10 Å². The maximum Gasteiger partial charge on any atom is 0.0755 e. The van der Waals surface area contributed by atoms with Crippen LogP contribution in [0, 0.1) is 13.8 Å². The second-order valence-corrected chi connectivity index (χ2v) is 5.49. The smallest absolute Gasteiger partial charge is 0.0755 e. The first kappa shape index (κ1) is 12.3. The quantitative estimate of drug-likeness (QED) is 0.905. The molecule has 0 unspecified atom stereocenters. The predicted octanol–water partition coefficient (Wildman–Crippen LogP) is 2.63. The summed E-state index contributed by atoms with van der Waals surface area (Å²) in [4.78, 5) is 2.79. The van der Waals surface area contributed by atoms with E-state index in [9.17, 15) is 0 Å². The molecular weight excluding hydrogens is 230 g/mol. The van der Waals surface area contributed by atoms with E-state index in [4.69, 9.17) is 5.73 Å². The van der Waals surface area contributed by atoms with Gasteiger partial charge in [-0.15, -0.1) is 11.3 Å². The number of rotatable bonds is 4. The van der Waals surface area contributed by atoms with Gasteiger partial charge in [0.25, 0.3) is 0 Å². The Morgan fingerprint density at radius 2 is 2.00 bits per heavy atom. The summed E-state index contributed by atoms with van der Waals surface area (Å²) in [7, 11) is 0. The van der Waals surface area contributed by atoms with Crippen molar-refractivity contribution < 1.29 is 0 Å². The van der Waals surface area contributed by atoms with Crippen molar-refractivity contribution in [3.63, 3.8) is 0 Å². The van der Waals surface area contributed by atoms with Gasteiger partial charge in [0.05, 0.1) is 12.2 Å². The lowest BCUT2D eigenvalue weighted by molar-refractivity contribution is 0.665. The zero-order chi connectivity index (χ0) is 12.4.